The first-order chi connectivity index (χ1) is 7.60. The number of hydrogen-bond acceptors (Lipinski definition) is 5. The van der Waals surface area contributed by atoms with Crippen molar-refractivity contribution in [1.29, 1.82) is 0 Å². The third-order valence-electron chi connectivity index (χ3n) is 2.61. The average molecular weight is 284 g/mol. The number of fused-ring (bicyclic) bond motifs is 1. The Balaban J connectivity index is 2.41. The predicted octanol–water partition coefficient (Wildman–Crippen LogP) is -2.55. The Hall–Kier alpha value is -0.910. The van der Waals surface area contributed by atoms with Crippen LogP contribution < -0.4 is 10.6 Å². The summed E-state index contributed by atoms with van der Waals surface area (Å²) in [6, 6.07) is -0.595. The molecule has 17 heavy (non-hydrogen) atoms. The second-order valence-corrected chi connectivity index (χ2v) is 7.82. The van der Waals surface area contributed by atoms with Gasteiger partial charge in [-0.05, 0) is 0 Å². The molecule has 9 nitrogen and oxygen atoms in total. The summed E-state index contributed by atoms with van der Waals surface area (Å²) in [5.74, 6) is 0. The highest BCUT2D eigenvalue weighted by Gasteiger charge is 2.52. The predicted molar refractivity (Wildman–Crippen MR) is 57.5 cm³/mol. The van der Waals surface area contributed by atoms with Gasteiger partial charge in [-0.25, -0.2) is 21.6 Å². The van der Waals surface area contributed by atoms with Crippen molar-refractivity contribution in [3.8, 4) is 0 Å². The van der Waals surface area contributed by atoms with Gasteiger partial charge >= 0.3 is 6.03 Å². The first-order valence-corrected chi connectivity index (χ1v) is 8.31. The Morgan fingerprint density at radius 2 is 1.35 bits per heavy atom. The Morgan fingerprint density at radius 3 is 1.65 bits per heavy atom. The van der Waals surface area contributed by atoms with Crippen LogP contribution in [0, 0.1) is 0 Å². The summed E-state index contributed by atoms with van der Waals surface area (Å²) in [5, 5.41) is 4.73. The highest BCUT2D eigenvalue weighted by molar-refractivity contribution is 7.89. The molecule has 0 radical (unpaired) electrons. The monoisotopic (exact) mass is 284 g/mol. The van der Waals surface area contributed by atoms with E-state index in [-0.39, 0.29) is 6.67 Å². The van der Waals surface area contributed by atoms with Crippen molar-refractivity contribution < 1.29 is 21.6 Å². The highest BCUT2D eigenvalue weighted by Crippen LogP contribution is 2.25. The molecule has 2 heterocycles. The molecule has 0 aromatic heterocycles. The summed E-state index contributed by atoms with van der Waals surface area (Å²) >= 11 is 0. The molecule has 2 unspecified atom stereocenters. The van der Waals surface area contributed by atoms with Crippen molar-refractivity contribution in [2.24, 2.45) is 0 Å². The number of hydrogen-bond donors (Lipinski definition) is 2. The van der Waals surface area contributed by atoms with E-state index in [1.54, 1.807) is 0 Å². The number of amides is 2. The van der Waals surface area contributed by atoms with Crippen LogP contribution in [0.5, 0.6) is 0 Å². The molecule has 2 saturated heterocycles. The molecular weight excluding hydrogens is 272 g/mol. The van der Waals surface area contributed by atoms with Gasteiger partial charge in [0.05, 0.1) is 19.2 Å². The largest absolute Gasteiger partial charge is 0.318 e. The fourth-order valence-corrected chi connectivity index (χ4v) is 3.77. The van der Waals surface area contributed by atoms with E-state index >= 15 is 0 Å². The third-order valence-corrected chi connectivity index (χ3v) is 5.00. The van der Waals surface area contributed by atoms with Gasteiger partial charge in [0.1, 0.15) is 12.3 Å². The first-order valence-electron chi connectivity index (χ1n) is 4.61. The molecule has 98 valence electrons. The van der Waals surface area contributed by atoms with Crippen LogP contribution in [-0.4, -0.2) is 63.0 Å². The van der Waals surface area contributed by atoms with Gasteiger partial charge in [-0.3, -0.25) is 0 Å². The molecule has 2 N–H and O–H groups in total. The molecule has 0 aliphatic carbocycles. The Labute approximate surface area is 98.9 Å². The first kappa shape index (κ1) is 12.5. The summed E-state index contributed by atoms with van der Waals surface area (Å²) in [6.45, 7) is -0.305. The van der Waals surface area contributed by atoms with E-state index in [9.17, 15) is 21.6 Å². The van der Waals surface area contributed by atoms with Crippen molar-refractivity contribution in [3.05, 3.63) is 0 Å². The van der Waals surface area contributed by atoms with E-state index in [0.29, 0.717) is 0 Å². The molecule has 2 aliphatic heterocycles. The van der Waals surface area contributed by atoms with E-state index in [1.807, 2.05) is 0 Å². The van der Waals surface area contributed by atoms with Crippen LogP contribution in [0.1, 0.15) is 0 Å². The van der Waals surface area contributed by atoms with Gasteiger partial charge in [0.25, 0.3) is 0 Å². The van der Waals surface area contributed by atoms with Crippen LogP contribution in [0.2, 0.25) is 0 Å². The lowest BCUT2D eigenvalue weighted by Gasteiger charge is -2.18. The van der Waals surface area contributed by atoms with E-state index in [0.717, 1.165) is 21.1 Å². The minimum Gasteiger partial charge on any atom is -0.318 e. The van der Waals surface area contributed by atoms with Gasteiger partial charge in [0.15, 0.2) is 0 Å². The molecule has 0 spiro atoms. The van der Waals surface area contributed by atoms with Crippen molar-refractivity contribution in [2.45, 2.75) is 12.3 Å². The fourth-order valence-electron chi connectivity index (χ4n) is 1.86. The van der Waals surface area contributed by atoms with Gasteiger partial charge in [-0.2, -0.15) is 8.61 Å². The maximum Gasteiger partial charge on any atom is 0.317 e. The number of carbonyl (C=O) groups excluding carboxylic acids is 1. The maximum atomic E-state index is 11.5. The molecule has 0 aromatic carbocycles. The molecule has 0 bridgehead atoms. The van der Waals surface area contributed by atoms with Crippen molar-refractivity contribution in [2.75, 3.05) is 19.2 Å². The lowest BCUT2D eigenvalue weighted by Crippen LogP contribution is -2.45. The average Bonchev–Trinajstić information content (AvgIpc) is 2.55. The van der Waals surface area contributed by atoms with Gasteiger partial charge in [-0.1, -0.05) is 0 Å². The summed E-state index contributed by atoms with van der Waals surface area (Å²) in [4.78, 5) is 11.1. The van der Waals surface area contributed by atoms with Crippen LogP contribution in [0.4, 0.5) is 4.79 Å². The number of rotatable bonds is 2. The number of nitrogens with zero attached hydrogens (tertiary/aromatic N) is 2. The topological polar surface area (TPSA) is 116 Å². The molecular formula is C6H12N4O5S2. The molecule has 2 rings (SSSR count). The summed E-state index contributed by atoms with van der Waals surface area (Å²) < 4.78 is 47.8. The van der Waals surface area contributed by atoms with Crippen molar-refractivity contribution in [3.63, 3.8) is 0 Å². The van der Waals surface area contributed by atoms with Gasteiger partial charge in [-0.15, -0.1) is 0 Å². The molecule has 2 fully saturated rings. The third kappa shape index (κ3) is 2.10. The highest BCUT2D eigenvalue weighted by atomic mass is 32.2. The standard InChI is InChI=1S/C6H12N4O5S2/c1-16(12,13)9-3-10(17(2,14)15)5-4(9)7-6(11)8-5/h4-5H,3H2,1-2H3,(H2,7,8,11). The summed E-state index contributed by atoms with van der Waals surface area (Å²) in [7, 11) is -7.20. The Morgan fingerprint density at radius 1 is 1.00 bits per heavy atom. The molecule has 2 atom stereocenters. The zero-order valence-corrected chi connectivity index (χ0v) is 10.7. The maximum absolute atomic E-state index is 11.5. The SMILES string of the molecule is CS(=O)(=O)N1CN(S(C)(=O)=O)C2NC(=O)NC21. The van der Waals surface area contributed by atoms with Crippen molar-refractivity contribution in [1.82, 2.24) is 19.2 Å². The smallest absolute Gasteiger partial charge is 0.317 e. The lowest BCUT2D eigenvalue weighted by atomic mass is 10.4. The van der Waals surface area contributed by atoms with Crippen LogP contribution >= 0.6 is 0 Å². The Kier molecular flexibility index (Phi) is 2.61. The number of carbonyl (C=O) groups is 1. The Bertz CT molecular complexity index is 507. The normalized spacial score (nSPS) is 31.1. The van der Waals surface area contributed by atoms with Crippen LogP contribution in [-0.2, 0) is 20.0 Å². The minimum absolute atomic E-state index is 0.305. The van der Waals surface area contributed by atoms with Crippen molar-refractivity contribution >= 4 is 26.1 Å². The van der Waals surface area contributed by atoms with Crippen LogP contribution in [0.3, 0.4) is 0 Å². The molecule has 11 heteroatoms. The van der Waals surface area contributed by atoms with Gasteiger partial charge in [0.2, 0.25) is 20.0 Å². The van der Waals surface area contributed by atoms with E-state index in [4.69, 9.17) is 0 Å². The second kappa shape index (κ2) is 3.54. The quantitative estimate of drug-likeness (QED) is 0.579. The number of sulfonamides is 2. The van der Waals surface area contributed by atoms with Crippen LogP contribution in [0.25, 0.3) is 0 Å². The number of urea groups is 1. The van der Waals surface area contributed by atoms with E-state index in [1.165, 1.54) is 0 Å². The zero-order chi connectivity index (χ0) is 13.0. The zero-order valence-electron chi connectivity index (χ0n) is 9.11. The lowest BCUT2D eigenvalue weighted by molar-refractivity contribution is 0.240. The van der Waals surface area contributed by atoms with E-state index in [2.05, 4.69) is 10.6 Å². The second-order valence-electron chi connectivity index (χ2n) is 3.95. The summed E-state index contributed by atoms with van der Waals surface area (Å²) in [6.07, 6.45) is 0.125. The van der Waals surface area contributed by atoms with Gasteiger partial charge < -0.3 is 10.6 Å². The summed E-state index contributed by atoms with van der Waals surface area (Å²) in [5.41, 5.74) is 0. The number of nitrogens with one attached hydrogen (secondary N) is 2. The molecule has 2 amide bonds. The van der Waals surface area contributed by atoms with Gasteiger partial charge in [0, 0.05) is 0 Å². The molecule has 2 aliphatic rings. The molecule has 0 saturated carbocycles. The van der Waals surface area contributed by atoms with Crippen LogP contribution in [0.15, 0.2) is 0 Å². The molecule has 0 aromatic rings. The van der Waals surface area contributed by atoms with E-state index < -0.39 is 38.4 Å². The fraction of sp³-hybridized carbons (Fsp3) is 0.833. The minimum atomic E-state index is -3.60.